The molecular formula is C16H21ClN2O2S2. The van der Waals surface area contributed by atoms with Gasteiger partial charge in [-0.05, 0) is 50.0 Å². The maximum atomic E-state index is 13.0. The summed E-state index contributed by atoms with van der Waals surface area (Å²) < 4.78 is 28.5. The first-order chi connectivity index (χ1) is 11.0. The highest BCUT2D eigenvalue weighted by atomic mass is 35.5. The van der Waals surface area contributed by atoms with Gasteiger partial charge in [0.1, 0.15) is 4.90 Å². The largest absolute Gasteiger partial charge is 0.317 e. The van der Waals surface area contributed by atoms with Crippen LogP contribution >= 0.6 is 22.9 Å². The summed E-state index contributed by atoms with van der Waals surface area (Å²) in [5.74, 6) is 0.565. The van der Waals surface area contributed by atoms with Gasteiger partial charge in [0.15, 0.2) is 0 Å². The molecule has 0 spiro atoms. The molecule has 2 aromatic rings. The number of rotatable bonds is 5. The van der Waals surface area contributed by atoms with Gasteiger partial charge < -0.3 is 5.32 Å². The van der Waals surface area contributed by atoms with Crippen LogP contribution in [0.1, 0.15) is 19.8 Å². The fourth-order valence-corrected chi connectivity index (χ4v) is 6.11. The molecule has 3 rings (SSSR count). The molecule has 0 amide bonds. The van der Waals surface area contributed by atoms with Crippen LogP contribution in [0.2, 0.25) is 5.02 Å². The van der Waals surface area contributed by atoms with Crippen LogP contribution in [-0.4, -0.2) is 38.9 Å². The molecule has 1 saturated heterocycles. The second-order valence-corrected chi connectivity index (χ2v) is 9.15. The Bertz CT molecular complexity index is 780. The summed E-state index contributed by atoms with van der Waals surface area (Å²) in [7, 11) is -3.44. The zero-order valence-corrected chi connectivity index (χ0v) is 15.5. The minimum absolute atomic E-state index is 0.394. The number of nitrogens with zero attached hydrogens (tertiary/aromatic N) is 1. The van der Waals surface area contributed by atoms with E-state index >= 15 is 0 Å². The third-order valence-electron chi connectivity index (χ3n) is 4.37. The van der Waals surface area contributed by atoms with E-state index in [4.69, 9.17) is 11.6 Å². The van der Waals surface area contributed by atoms with Crippen LogP contribution in [0, 0.1) is 5.92 Å². The molecule has 1 N–H and O–H groups in total. The number of hydrogen-bond acceptors (Lipinski definition) is 4. The van der Waals surface area contributed by atoms with Crippen LogP contribution in [0.3, 0.4) is 0 Å². The Morgan fingerprint density at radius 3 is 2.78 bits per heavy atom. The summed E-state index contributed by atoms with van der Waals surface area (Å²) in [4.78, 5) is 0.394. The van der Waals surface area contributed by atoms with E-state index in [1.165, 1.54) is 11.3 Å². The maximum Gasteiger partial charge on any atom is 0.244 e. The van der Waals surface area contributed by atoms with Crippen molar-refractivity contribution in [2.45, 2.75) is 24.7 Å². The van der Waals surface area contributed by atoms with Crippen molar-refractivity contribution in [1.82, 2.24) is 9.62 Å². The molecular weight excluding hydrogens is 352 g/mol. The molecule has 1 aliphatic heterocycles. The fourth-order valence-electron chi connectivity index (χ4n) is 3.02. The molecule has 7 heteroatoms. The molecule has 0 aliphatic carbocycles. The van der Waals surface area contributed by atoms with Gasteiger partial charge in [-0.25, -0.2) is 8.42 Å². The number of halogens is 1. The smallest absolute Gasteiger partial charge is 0.244 e. The molecule has 1 aromatic carbocycles. The van der Waals surface area contributed by atoms with Gasteiger partial charge in [-0.2, -0.15) is 4.31 Å². The second-order valence-electron chi connectivity index (χ2n) is 5.90. The van der Waals surface area contributed by atoms with E-state index in [1.807, 2.05) is 6.07 Å². The minimum atomic E-state index is -3.44. The Hall–Kier alpha value is -0.660. The Balaban J connectivity index is 1.80. The topological polar surface area (TPSA) is 49.4 Å². The zero-order valence-electron chi connectivity index (χ0n) is 13.1. The van der Waals surface area contributed by atoms with Gasteiger partial charge in [-0.15, -0.1) is 11.3 Å². The van der Waals surface area contributed by atoms with Gasteiger partial charge in [-0.3, -0.25) is 0 Å². The first kappa shape index (κ1) is 17.2. The van der Waals surface area contributed by atoms with E-state index in [9.17, 15) is 8.42 Å². The van der Waals surface area contributed by atoms with Gasteiger partial charge in [-0.1, -0.05) is 18.5 Å². The van der Waals surface area contributed by atoms with Crippen LogP contribution in [-0.2, 0) is 10.0 Å². The first-order valence-corrected chi connectivity index (χ1v) is 10.6. The minimum Gasteiger partial charge on any atom is -0.317 e. The quantitative estimate of drug-likeness (QED) is 0.872. The zero-order chi connectivity index (χ0) is 16.4. The number of sulfonamides is 1. The second kappa shape index (κ2) is 7.07. The van der Waals surface area contributed by atoms with Crippen molar-refractivity contribution < 1.29 is 8.42 Å². The van der Waals surface area contributed by atoms with Crippen molar-refractivity contribution in [1.29, 1.82) is 0 Å². The Morgan fingerprint density at radius 1 is 1.35 bits per heavy atom. The normalized spacial score (nSPS) is 17.8. The molecule has 126 valence electrons. The third kappa shape index (κ3) is 3.56. The van der Waals surface area contributed by atoms with Crippen LogP contribution in [0.25, 0.3) is 10.1 Å². The van der Waals surface area contributed by atoms with E-state index in [2.05, 4.69) is 12.2 Å². The van der Waals surface area contributed by atoms with E-state index in [0.29, 0.717) is 28.9 Å². The van der Waals surface area contributed by atoms with Crippen molar-refractivity contribution in [3.8, 4) is 0 Å². The standard InChI is InChI=1S/C16H21ClN2O2S2/c1-2-18-10-12-5-7-19(8-6-12)23(20,21)16-11-22-15-4-3-13(17)9-14(15)16/h3-4,9,11-12,18H,2,5-8,10H2,1H3. The lowest BCUT2D eigenvalue weighted by atomic mass is 9.98. The number of nitrogens with one attached hydrogen (secondary N) is 1. The van der Waals surface area contributed by atoms with Crippen molar-refractivity contribution in [2.24, 2.45) is 5.92 Å². The van der Waals surface area contributed by atoms with E-state index in [-0.39, 0.29) is 0 Å². The summed E-state index contributed by atoms with van der Waals surface area (Å²) in [5.41, 5.74) is 0. The number of piperidine rings is 1. The monoisotopic (exact) mass is 372 g/mol. The predicted molar refractivity (Wildman–Crippen MR) is 96.9 cm³/mol. The molecule has 4 nitrogen and oxygen atoms in total. The highest BCUT2D eigenvalue weighted by molar-refractivity contribution is 7.89. The summed E-state index contributed by atoms with van der Waals surface area (Å²) in [6.07, 6.45) is 1.82. The predicted octanol–water partition coefficient (Wildman–Crippen LogP) is 3.56. The number of thiophene rings is 1. The molecule has 0 radical (unpaired) electrons. The number of benzene rings is 1. The summed E-state index contributed by atoms with van der Waals surface area (Å²) in [5, 5.41) is 6.39. The lowest BCUT2D eigenvalue weighted by Crippen LogP contribution is -2.40. The van der Waals surface area contributed by atoms with Crippen molar-refractivity contribution in [3.05, 3.63) is 28.6 Å². The molecule has 0 bridgehead atoms. The van der Waals surface area contributed by atoms with Crippen LogP contribution in [0.15, 0.2) is 28.5 Å². The molecule has 0 unspecified atom stereocenters. The van der Waals surface area contributed by atoms with Gasteiger partial charge in [0, 0.05) is 33.6 Å². The average molecular weight is 373 g/mol. The first-order valence-electron chi connectivity index (χ1n) is 7.90. The molecule has 1 fully saturated rings. The lowest BCUT2D eigenvalue weighted by Gasteiger charge is -2.31. The maximum absolute atomic E-state index is 13.0. The lowest BCUT2D eigenvalue weighted by molar-refractivity contribution is 0.268. The summed E-state index contributed by atoms with van der Waals surface area (Å²) in [6.45, 7) is 5.21. The SMILES string of the molecule is CCNCC1CCN(S(=O)(=O)c2csc3ccc(Cl)cc23)CC1. The average Bonchev–Trinajstić information content (AvgIpc) is 2.97. The van der Waals surface area contributed by atoms with Gasteiger partial charge in [0.05, 0.1) is 0 Å². The van der Waals surface area contributed by atoms with Crippen molar-refractivity contribution in [3.63, 3.8) is 0 Å². The molecule has 0 atom stereocenters. The van der Waals surface area contributed by atoms with Gasteiger partial charge >= 0.3 is 0 Å². The van der Waals surface area contributed by atoms with Crippen LogP contribution in [0.5, 0.6) is 0 Å². The number of fused-ring (bicyclic) bond motifs is 1. The van der Waals surface area contributed by atoms with Crippen molar-refractivity contribution in [2.75, 3.05) is 26.2 Å². The molecule has 0 saturated carbocycles. The molecule has 1 aromatic heterocycles. The van der Waals surface area contributed by atoms with E-state index in [1.54, 1.807) is 21.8 Å². The van der Waals surface area contributed by atoms with Gasteiger partial charge in [0.2, 0.25) is 10.0 Å². The Labute approximate surface area is 146 Å². The fraction of sp³-hybridized carbons (Fsp3) is 0.500. The van der Waals surface area contributed by atoms with Crippen molar-refractivity contribution >= 4 is 43.0 Å². The van der Waals surface area contributed by atoms with E-state index < -0.39 is 10.0 Å². The Kier molecular flexibility index (Phi) is 5.28. The number of hydrogen-bond donors (Lipinski definition) is 1. The Morgan fingerprint density at radius 2 is 2.09 bits per heavy atom. The van der Waals surface area contributed by atoms with E-state index in [0.717, 1.165) is 36.0 Å². The highest BCUT2D eigenvalue weighted by Crippen LogP contribution is 2.34. The summed E-state index contributed by atoms with van der Waals surface area (Å²) >= 11 is 7.49. The highest BCUT2D eigenvalue weighted by Gasteiger charge is 2.31. The van der Waals surface area contributed by atoms with Gasteiger partial charge in [0.25, 0.3) is 0 Å². The molecule has 1 aliphatic rings. The summed E-state index contributed by atoms with van der Waals surface area (Å²) in [6, 6.07) is 5.42. The van der Waals surface area contributed by atoms with Crippen LogP contribution < -0.4 is 5.32 Å². The van der Waals surface area contributed by atoms with Crippen LogP contribution in [0.4, 0.5) is 0 Å². The third-order valence-corrected chi connectivity index (χ3v) is 7.66. The molecule has 2 heterocycles. The molecule has 23 heavy (non-hydrogen) atoms.